The fourth-order valence-corrected chi connectivity index (χ4v) is 1.67. The molecule has 0 heterocycles. The van der Waals surface area contributed by atoms with Crippen molar-refractivity contribution in [2.45, 2.75) is 65.1 Å². The smallest absolute Gasteiger partial charge is 0.409 e. The normalized spacial score (nSPS) is 14.6. The highest BCUT2D eigenvalue weighted by Gasteiger charge is 2.37. The Labute approximate surface area is 121 Å². The van der Waals surface area contributed by atoms with Gasteiger partial charge < -0.3 is 9.47 Å². The molecule has 1 unspecified atom stereocenters. The van der Waals surface area contributed by atoms with E-state index in [0.717, 1.165) is 6.42 Å². The minimum absolute atomic E-state index is 0.303. The molecule has 0 bridgehead atoms. The highest BCUT2D eigenvalue weighted by atomic mass is 16.6. The lowest BCUT2D eigenvalue weighted by molar-refractivity contribution is -0.148. The van der Waals surface area contributed by atoms with Gasteiger partial charge in [0.15, 0.2) is 5.66 Å². The van der Waals surface area contributed by atoms with E-state index in [1.165, 1.54) is 7.11 Å². The predicted molar refractivity (Wildman–Crippen MR) is 77.0 cm³/mol. The Balaban J connectivity index is 4.70. The van der Waals surface area contributed by atoms with Crippen molar-refractivity contribution in [2.24, 2.45) is 11.7 Å². The van der Waals surface area contributed by atoms with Gasteiger partial charge in [0.2, 0.25) is 0 Å². The Morgan fingerprint density at radius 1 is 1.25 bits per heavy atom. The minimum atomic E-state index is -1.55. The number of hydrogen-bond acceptors (Lipinski definition) is 5. The molecule has 1 atom stereocenters. The third-order valence-electron chi connectivity index (χ3n) is 2.63. The van der Waals surface area contributed by atoms with E-state index in [9.17, 15) is 9.59 Å². The first-order valence-corrected chi connectivity index (χ1v) is 6.88. The Bertz CT molecular complexity index is 337. The summed E-state index contributed by atoms with van der Waals surface area (Å²) in [6, 6.07) is 0. The fraction of sp³-hybridized carbons (Fsp3) is 0.857. The molecule has 0 aromatic heterocycles. The number of alkyl carbamates (subject to hydrolysis) is 1. The van der Waals surface area contributed by atoms with E-state index in [2.05, 4.69) is 23.9 Å². The van der Waals surface area contributed by atoms with Crippen molar-refractivity contribution >= 4 is 12.1 Å². The van der Waals surface area contributed by atoms with E-state index >= 15 is 0 Å². The molecule has 6 heteroatoms. The van der Waals surface area contributed by atoms with Crippen molar-refractivity contribution in [3.63, 3.8) is 0 Å². The second-order valence-corrected chi connectivity index (χ2v) is 6.38. The maximum Gasteiger partial charge on any atom is 0.409 e. The highest BCUT2D eigenvalue weighted by Crippen LogP contribution is 2.15. The van der Waals surface area contributed by atoms with E-state index in [1.54, 1.807) is 20.8 Å². The maximum absolute atomic E-state index is 11.8. The summed E-state index contributed by atoms with van der Waals surface area (Å²) >= 11 is 0. The molecule has 0 spiro atoms. The summed E-state index contributed by atoms with van der Waals surface area (Å²) < 4.78 is 9.79. The van der Waals surface area contributed by atoms with Crippen LogP contribution in [0.4, 0.5) is 4.79 Å². The van der Waals surface area contributed by atoms with Crippen LogP contribution in [0.5, 0.6) is 0 Å². The average molecular weight is 288 g/mol. The molecule has 0 aromatic carbocycles. The van der Waals surface area contributed by atoms with Crippen molar-refractivity contribution in [3.8, 4) is 0 Å². The zero-order valence-corrected chi connectivity index (χ0v) is 13.4. The van der Waals surface area contributed by atoms with Crippen LogP contribution in [0.1, 0.15) is 53.9 Å². The molecule has 1 amide bonds. The first-order valence-electron chi connectivity index (χ1n) is 6.88. The van der Waals surface area contributed by atoms with E-state index in [4.69, 9.17) is 10.5 Å². The zero-order chi connectivity index (χ0) is 16.0. The number of nitrogens with two attached hydrogens (primary N) is 1. The lowest BCUT2D eigenvalue weighted by Gasteiger charge is -2.29. The number of hydrogen-bond donors (Lipinski definition) is 2. The van der Waals surface area contributed by atoms with Crippen molar-refractivity contribution < 1.29 is 19.1 Å². The third-order valence-corrected chi connectivity index (χ3v) is 2.63. The SMILES string of the molecule is COC(=O)C(N)(CCCC(C)C)NC(=O)OC(C)(C)C. The van der Waals surface area contributed by atoms with Crippen LogP contribution in [0.15, 0.2) is 0 Å². The van der Waals surface area contributed by atoms with Gasteiger partial charge in [0.1, 0.15) is 5.60 Å². The molecule has 0 fully saturated rings. The molecule has 0 radical (unpaired) electrons. The summed E-state index contributed by atoms with van der Waals surface area (Å²) in [7, 11) is 1.24. The number of nitrogens with one attached hydrogen (secondary N) is 1. The second kappa shape index (κ2) is 7.47. The van der Waals surface area contributed by atoms with E-state index in [-0.39, 0.29) is 0 Å². The number of carbonyl (C=O) groups excluding carboxylic acids is 2. The zero-order valence-electron chi connectivity index (χ0n) is 13.4. The lowest BCUT2D eigenvalue weighted by Crippen LogP contribution is -2.62. The lowest BCUT2D eigenvalue weighted by atomic mass is 9.99. The van der Waals surface area contributed by atoms with Crippen LogP contribution >= 0.6 is 0 Å². The van der Waals surface area contributed by atoms with Crippen LogP contribution < -0.4 is 11.1 Å². The highest BCUT2D eigenvalue weighted by molar-refractivity contribution is 5.85. The van der Waals surface area contributed by atoms with Crippen molar-refractivity contribution in [1.82, 2.24) is 5.32 Å². The Morgan fingerprint density at radius 3 is 2.20 bits per heavy atom. The van der Waals surface area contributed by atoms with Gasteiger partial charge in [0.05, 0.1) is 7.11 Å². The molecule has 3 N–H and O–H groups in total. The number of methoxy groups -OCH3 is 1. The molecule has 0 aliphatic carbocycles. The molecule has 6 nitrogen and oxygen atoms in total. The standard InChI is InChI=1S/C14H28N2O4/c1-10(2)8-7-9-14(15,11(17)19-6)16-12(18)20-13(3,4)5/h10H,7-9,15H2,1-6H3,(H,16,18). The summed E-state index contributed by atoms with van der Waals surface area (Å²) in [6.45, 7) is 9.38. The van der Waals surface area contributed by atoms with Crippen LogP contribution in [-0.4, -0.2) is 30.4 Å². The first-order chi connectivity index (χ1) is 9.00. The van der Waals surface area contributed by atoms with E-state index in [1.807, 2.05) is 0 Å². The molecule has 0 aliphatic heterocycles. The Kier molecular flexibility index (Phi) is 6.99. The van der Waals surface area contributed by atoms with Crippen LogP contribution in [0.3, 0.4) is 0 Å². The number of esters is 1. The van der Waals surface area contributed by atoms with Gasteiger partial charge in [-0.15, -0.1) is 0 Å². The van der Waals surface area contributed by atoms with Gasteiger partial charge in [-0.1, -0.05) is 20.3 Å². The van der Waals surface area contributed by atoms with Gasteiger partial charge in [-0.3, -0.25) is 11.1 Å². The van der Waals surface area contributed by atoms with Gasteiger partial charge in [-0.05, 0) is 39.5 Å². The molecule has 0 aromatic rings. The summed E-state index contributed by atoms with van der Waals surface area (Å²) in [4.78, 5) is 23.6. The van der Waals surface area contributed by atoms with Gasteiger partial charge in [-0.2, -0.15) is 0 Å². The minimum Gasteiger partial charge on any atom is -0.466 e. The number of carbonyl (C=O) groups is 2. The average Bonchev–Trinajstić information content (AvgIpc) is 2.24. The summed E-state index contributed by atoms with van der Waals surface area (Å²) in [6.07, 6.45) is 1.19. The summed E-state index contributed by atoms with van der Waals surface area (Å²) in [5, 5.41) is 2.42. The Hall–Kier alpha value is -1.30. The molecular weight excluding hydrogens is 260 g/mol. The van der Waals surface area contributed by atoms with E-state index in [0.29, 0.717) is 18.8 Å². The monoisotopic (exact) mass is 288 g/mol. The Morgan fingerprint density at radius 2 is 1.80 bits per heavy atom. The van der Waals surface area contributed by atoms with Gasteiger partial charge in [0, 0.05) is 0 Å². The van der Waals surface area contributed by atoms with Crippen LogP contribution in [-0.2, 0) is 14.3 Å². The van der Waals surface area contributed by atoms with Gasteiger partial charge >= 0.3 is 12.1 Å². The number of amides is 1. The van der Waals surface area contributed by atoms with Crippen molar-refractivity contribution in [3.05, 3.63) is 0 Å². The second-order valence-electron chi connectivity index (χ2n) is 6.38. The summed E-state index contributed by atoms with van der Waals surface area (Å²) in [5.74, 6) is -0.175. The van der Waals surface area contributed by atoms with E-state index < -0.39 is 23.3 Å². The topological polar surface area (TPSA) is 90.6 Å². The molecule has 0 saturated carbocycles. The van der Waals surface area contributed by atoms with Crippen molar-refractivity contribution in [1.29, 1.82) is 0 Å². The van der Waals surface area contributed by atoms with Crippen molar-refractivity contribution in [2.75, 3.05) is 7.11 Å². The first kappa shape index (κ1) is 18.7. The molecule has 0 saturated heterocycles. The molecule has 20 heavy (non-hydrogen) atoms. The largest absolute Gasteiger partial charge is 0.466 e. The third kappa shape index (κ3) is 7.33. The quantitative estimate of drug-likeness (QED) is 0.577. The van der Waals surface area contributed by atoms with Crippen LogP contribution in [0.25, 0.3) is 0 Å². The molecule has 0 rings (SSSR count). The predicted octanol–water partition coefficient (Wildman–Crippen LogP) is 2.17. The molecule has 118 valence electrons. The van der Waals surface area contributed by atoms with Gasteiger partial charge in [-0.25, -0.2) is 9.59 Å². The number of ether oxygens (including phenoxy) is 2. The van der Waals surface area contributed by atoms with Gasteiger partial charge in [0.25, 0.3) is 0 Å². The molecule has 0 aliphatic rings. The summed E-state index contributed by atoms with van der Waals surface area (Å²) in [5.41, 5.74) is 3.77. The fourth-order valence-electron chi connectivity index (χ4n) is 1.67. The van der Waals surface area contributed by atoms with Crippen LogP contribution in [0, 0.1) is 5.92 Å². The molecular formula is C14H28N2O4. The van der Waals surface area contributed by atoms with Crippen LogP contribution in [0.2, 0.25) is 0 Å². The number of rotatable bonds is 6. The maximum atomic E-state index is 11.8.